The van der Waals surface area contributed by atoms with E-state index in [9.17, 15) is 4.79 Å². The minimum absolute atomic E-state index is 0.245. The lowest BCUT2D eigenvalue weighted by molar-refractivity contribution is -0.135. The van der Waals surface area contributed by atoms with Crippen molar-refractivity contribution in [3.8, 4) is 0 Å². The van der Waals surface area contributed by atoms with Crippen molar-refractivity contribution in [3.63, 3.8) is 0 Å². The van der Waals surface area contributed by atoms with Gasteiger partial charge in [-0.25, -0.2) is 4.79 Å². The van der Waals surface area contributed by atoms with Crippen molar-refractivity contribution in [2.24, 2.45) is 0 Å². The van der Waals surface area contributed by atoms with Gasteiger partial charge in [0, 0.05) is 9.92 Å². The van der Waals surface area contributed by atoms with E-state index in [1.54, 1.807) is 18.2 Å². The second-order valence-electron chi connectivity index (χ2n) is 2.72. The molecule has 0 radical (unpaired) electrons. The summed E-state index contributed by atoms with van der Waals surface area (Å²) in [6.45, 7) is 0.384. The molecule has 0 N–H and O–H groups in total. The van der Waals surface area contributed by atoms with E-state index in [0.717, 1.165) is 4.90 Å². The fourth-order valence-electron chi connectivity index (χ4n) is 1.06. The van der Waals surface area contributed by atoms with Crippen molar-refractivity contribution in [3.05, 3.63) is 40.3 Å². The topological polar surface area (TPSA) is 26.3 Å². The van der Waals surface area contributed by atoms with Crippen LogP contribution in [-0.2, 0) is 9.53 Å². The number of cyclic esters (lactones) is 1. The average molecular weight is 227 g/mol. The van der Waals surface area contributed by atoms with Crippen LogP contribution in [0.2, 0.25) is 5.02 Å². The minimum atomic E-state index is -0.245. The molecule has 1 heterocycles. The molecule has 0 spiro atoms. The van der Waals surface area contributed by atoms with Gasteiger partial charge in [0.15, 0.2) is 0 Å². The third-order valence-corrected chi connectivity index (χ3v) is 3.04. The number of benzene rings is 1. The monoisotopic (exact) mass is 226 g/mol. The first-order chi connectivity index (χ1) is 6.75. The Bertz CT molecular complexity index is 384. The molecule has 72 valence electrons. The van der Waals surface area contributed by atoms with Crippen molar-refractivity contribution >= 4 is 29.3 Å². The molecule has 0 unspecified atom stereocenters. The third kappa shape index (κ3) is 2.11. The van der Waals surface area contributed by atoms with Crippen LogP contribution in [0.4, 0.5) is 0 Å². The van der Waals surface area contributed by atoms with Crippen LogP contribution in [0.5, 0.6) is 0 Å². The first kappa shape index (κ1) is 9.62. The zero-order chi connectivity index (χ0) is 9.97. The van der Waals surface area contributed by atoms with E-state index >= 15 is 0 Å². The zero-order valence-electron chi connectivity index (χ0n) is 7.20. The van der Waals surface area contributed by atoms with Crippen molar-refractivity contribution in [1.29, 1.82) is 0 Å². The smallest absolute Gasteiger partial charge is 0.345 e. The lowest BCUT2D eigenvalue weighted by Gasteiger charge is -1.99. The fourth-order valence-corrected chi connectivity index (χ4v) is 2.01. The molecule has 0 amide bonds. The largest absolute Gasteiger partial charge is 0.457 e. The van der Waals surface area contributed by atoms with Gasteiger partial charge in [0.2, 0.25) is 0 Å². The molecule has 0 bridgehead atoms. The first-order valence-corrected chi connectivity index (χ1v) is 5.26. The summed E-state index contributed by atoms with van der Waals surface area (Å²) in [5, 5.41) is 0.692. The van der Waals surface area contributed by atoms with Crippen LogP contribution in [0.1, 0.15) is 0 Å². The van der Waals surface area contributed by atoms with Gasteiger partial charge in [0.1, 0.15) is 6.61 Å². The Hall–Kier alpha value is -0.930. The van der Waals surface area contributed by atoms with Crippen LogP contribution < -0.4 is 0 Å². The molecule has 1 aliphatic heterocycles. The molecule has 0 aromatic heterocycles. The lowest BCUT2D eigenvalue weighted by atomic mass is 10.4. The van der Waals surface area contributed by atoms with E-state index in [-0.39, 0.29) is 5.97 Å². The number of esters is 1. The maximum absolute atomic E-state index is 11.1. The van der Waals surface area contributed by atoms with Gasteiger partial charge < -0.3 is 4.74 Å². The Balaban J connectivity index is 2.11. The average Bonchev–Trinajstić information content (AvgIpc) is 2.56. The molecular formula is C10H7ClO2S. The van der Waals surface area contributed by atoms with Crippen molar-refractivity contribution in [2.75, 3.05) is 6.61 Å². The number of hydrogen-bond acceptors (Lipinski definition) is 3. The molecule has 2 rings (SSSR count). The van der Waals surface area contributed by atoms with Gasteiger partial charge in [-0.05, 0) is 30.3 Å². The lowest BCUT2D eigenvalue weighted by Crippen LogP contribution is -1.95. The van der Waals surface area contributed by atoms with Crippen LogP contribution in [-0.4, -0.2) is 12.6 Å². The standard InChI is InChI=1S/C10H7ClO2S/c11-7-1-3-8(4-2-7)14-9-5-6-13-10(9)12/h1-5H,6H2. The van der Waals surface area contributed by atoms with Gasteiger partial charge in [0.25, 0.3) is 0 Å². The second kappa shape index (κ2) is 4.07. The summed E-state index contributed by atoms with van der Waals surface area (Å²) in [6, 6.07) is 7.34. The Morgan fingerprint density at radius 2 is 2.00 bits per heavy atom. The summed E-state index contributed by atoms with van der Waals surface area (Å²) < 4.78 is 4.78. The number of rotatable bonds is 2. The molecule has 0 saturated heterocycles. The molecule has 0 saturated carbocycles. The molecule has 0 atom stereocenters. The van der Waals surface area contributed by atoms with Crippen LogP contribution >= 0.6 is 23.4 Å². The predicted molar refractivity (Wildman–Crippen MR) is 56.4 cm³/mol. The van der Waals surface area contributed by atoms with E-state index in [1.165, 1.54) is 11.8 Å². The highest BCUT2D eigenvalue weighted by Gasteiger charge is 2.17. The third-order valence-electron chi connectivity index (χ3n) is 1.73. The zero-order valence-corrected chi connectivity index (χ0v) is 8.77. The van der Waals surface area contributed by atoms with Crippen LogP contribution in [0.3, 0.4) is 0 Å². The number of halogens is 1. The SMILES string of the molecule is O=C1OCC=C1Sc1ccc(Cl)cc1. The highest BCUT2D eigenvalue weighted by molar-refractivity contribution is 8.04. The van der Waals surface area contributed by atoms with E-state index in [4.69, 9.17) is 16.3 Å². The maximum Gasteiger partial charge on any atom is 0.345 e. The van der Waals surface area contributed by atoms with E-state index in [1.807, 2.05) is 12.1 Å². The number of ether oxygens (including phenoxy) is 1. The minimum Gasteiger partial charge on any atom is -0.457 e. The summed E-state index contributed by atoms with van der Waals surface area (Å²) in [6.07, 6.45) is 1.78. The molecule has 14 heavy (non-hydrogen) atoms. The summed E-state index contributed by atoms with van der Waals surface area (Å²) in [5.74, 6) is -0.245. The van der Waals surface area contributed by atoms with Crippen molar-refractivity contribution in [1.82, 2.24) is 0 Å². The van der Waals surface area contributed by atoms with Gasteiger partial charge in [-0.2, -0.15) is 0 Å². The van der Waals surface area contributed by atoms with Crippen LogP contribution in [0, 0.1) is 0 Å². The maximum atomic E-state index is 11.1. The normalized spacial score (nSPS) is 15.2. The van der Waals surface area contributed by atoms with Gasteiger partial charge in [-0.1, -0.05) is 23.4 Å². The Morgan fingerprint density at radius 1 is 1.29 bits per heavy atom. The molecule has 0 aliphatic carbocycles. The van der Waals surface area contributed by atoms with Crippen LogP contribution in [0.25, 0.3) is 0 Å². The van der Waals surface area contributed by atoms with E-state index in [0.29, 0.717) is 16.5 Å². The Kier molecular flexibility index (Phi) is 2.79. The van der Waals surface area contributed by atoms with E-state index in [2.05, 4.69) is 0 Å². The molecular weight excluding hydrogens is 220 g/mol. The second-order valence-corrected chi connectivity index (χ2v) is 4.27. The van der Waals surface area contributed by atoms with Crippen LogP contribution in [0.15, 0.2) is 40.1 Å². The highest BCUT2D eigenvalue weighted by atomic mass is 35.5. The van der Waals surface area contributed by atoms with E-state index < -0.39 is 0 Å². The first-order valence-electron chi connectivity index (χ1n) is 4.06. The summed E-state index contributed by atoms with van der Waals surface area (Å²) in [7, 11) is 0. The predicted octanol–water partition coefficient (Wildman–Crippen LogP) is 2.87. The summed E-state index contributed by atoms with van der Waals surface area (Å²) in [5.41, 5.74) is 0. The Morgan fingerprint density at radius 3 is 2.57 bits per heavy atom. The molecule has 2 nitrogen and oxygen atoms in total. The number of hydrogen-bond donors (Lipinski definition) is 0. The number of thioether (sulfide) groups is 1. The highest BCUT2D eigenvalue weighted by Crippen LogP contribution is 2.30. The molecule has 1 aromatic carbocycles. The summed E-state index contributed by atoms with van der Waals surface area (Å²) in [4.78, 5) is 12.7. The van der Waals surface area contributed by atoms with Gasteiger partial charge in [-0.3, -0.25) is 0 Å². The molecule has 0 fully saturated rings. The molecule has 4 heteroatoms. The van der Waals surface area contributed by atoms with Gasteiger partial charge in [0.05, 0.1) is 4.91 Å². The van der Waals surface area contributed by atoms with Crippen molar-refractivity contribution < 1.29 is 9.53 Å². The fraction of sp³-hybridized carbons (Fsp3) is 0.100. The van der Waals surface area contributed by atoms with Gasteiger partial charge >= 0.3 is 5.97 Å². The van der Waals surface area contributed by atoms with Crippen molar-refractivity contribution in [2.45, 2.75) is 4.90 Å². The molecule has 1 aromatic rings. The Labute approximate surface area is 90.9 Å². The quantitative estimate of drug-likeness (QED) is 0.726. The summed E-state index contributed by atoms with van der Waals surface area (Å²) >= 11 is 7.14. The van der Waals surface area contributed by atoms with Gasteiger partial charge in [-0.15, -0.1) is 0 Å². The molecule has 1 aliphatic rings. The number of carbonyl (C=O) groups is 1. The number of carbonyl (C=O) groups excluding carboxylic acids is 1.